The van der Waals surface area contributed by atoms with Crippen LogP contribution in [0.25, 0.3) is 44.5 Å². The highest BCUT2D eigenvalue weighted by Gasteiger charge is 2.48. The van der Waals surface area contributed by atoms with Crippen LogP contribution in [0.4, 0.5) is 0 Å². The van der Waals surface area contributed by atoms with Gasteiger partial charge in [-0.25, -0.2) is 0 Å². The van der Waals surface area contributed by atoms with Crippen LogP contribution in [0, 0.1) is 55.4 Å². The van der Waals surface area contributed by atoms with Gasteiger partial charge in [0.05, 0.1) is 0 Å². The maximum atomic E-state index is 5.79. The van der Waals surface area contributed by atoms with E-state index in [1.807, 2.05) is 0 Å². The Hall–Kier alpha value is -7.22. The highest BCUT2D eigenvalue weighted by atomic mass is 16.5. The molecular weight excluding hydrogens is 929 g/mol. The molecule has 0 aromatic heterocycles. The predicted octanol–water partition coefficient (Wildman–Crippen LogP) is 19.1. The molecule has 1 aliphatic heterocycles. The van der Waals surface area contributed by atoms with Gasteiger partial charge in [0.1, 0.15) is 12.4 Å². The average molecular weight is 1000 g/mol. The molecule has 0 bridgehead atoms. The second-order valence-corrected chi connectivity index (χ2v) is 25.0. The van der Waals surface area contributed by atoms with E-state index in [1.165, 1.54) is 144 Å². The summed E-state index contributed by atoms with van der Waals surface area (Å²) in [5, 5.41) is 0. The zero-order chi connectivity index (χ0) is 53.1. The van der Waals surface area contributed by atoms with Crippen molar-refractivity contribution < 1.29 is 4.74 Å². The van der Waals surface area contributed by atoms with Crippen LogP contribution in [-0.4, -0.2) is 0 Å². The summed E-state index contributed by atoms with van der Waals surface area (Å²) in [6.45, 7) is 23.0. The maximum Gasteiger partial charge on any atom is 0.127 e. The van der Waals surface area contributed by atoms with E-state index in [9.17, 15) is 0 Å². The fourth-order valence-corrected chi connectivity index (χ4v) is 15.3. The molecule has 1 fully saturated rings. The van der Waals surface area contributed by atoms with Crippen LogP contribution < -0.4 is 4.74 Å². The molecule has 0 atom stereocenters. The monoisotopic (exact) mass is 1000 g/mol. The van der Waals surface area contributed by atoms with Crippen molar-refractivity contribution in [3.63, 3.8) is 0 Å². The third-order valence-electron chi connectivity index (χ3n) is 19.0. The van der Waals surface area contributed by atoms with E-state index >= 15 is 0 Å². The summed E-state index contributed by atoms with van der Waals surface area (Å²) < 4.78 is 5.79. The molecule has 6 aliphatic carbocycles. The van der Waals surface area contributed by atoms with Gasteiger partial charge in [-0.15, -0.1) is 0 Å². The highest BCUT2D eigenvalue weighted by molar-refractivity contribution is 5.88. The zero-order valence-corrected chi connectivity index (χ0v) is 47.3. The lowest BCUT2D eigenvalue weighted by atomic mass is 9.75. The predicted molar refractivity (Wildman–Crippen MR) is 323 cm³/mol. The van der Waals surface area contributed by atoms with Gasteiger partial charge in [0.15, 0.2) is 0 Å². The minimum absolute atomic E-state index is 0.145. The molecule has 16 rings (SSSR count). The van der Waals surface area contributed by atoms with E-state index in [-0.39, 0.29) is 10.8 Å². The number of aryl methyl sites for hydroxylation is 10. The molecule has 0 unspecified atom stereocenters. The molecule has 7 aliphatic rings. The first-order valence-electron chi connectivity index (χ1n) is 28.7. The molecular formula is C76H74O. The molecule has 1 nitrogen and oxygen atoms in total. The van der Waals surface area contributed by atoms with Crippen molar-refractivity contribution in [1.82, 2.24) is 0 Å². The molecule has 0 N–H and O–H groups in total. The van der Waals surface area contributed by atoms with E-state index < -0.39 is 0 Å². The van der Waals surface area contributed by atoms with Crippen LogP contribution in [0.2, 0.25) is 0 Å². The summed E-state index contributed by atoms with van der Waals surface area (Å²) in [6.07, 6.45) is 10.1. The molecule has 2 spiro atoms. The summed E-state index contributed by atoms with van der Waals surface area (Å²) in [5.41, 5.74) is 39.9. The van der Waals surface area contributed by atoms with Gasteiger partial charge >= 0.3 is 0 Å². The topological polar surface area (TPSA) is 9.23 Å². The Balaban J connectivity index is 0.0000000988. The van der Waals surface area contributed by atoms with E-state index in [0.717, 1.165) is 18.6 Å². The minimum atomic E-state index is 0.145. The number of fused-ring (bicyclic) bond motifs is 14. The summed E-state index contributed by atoms with van der Waals surface area (Å²) >= 11 is 0. The largest absolute Gasteiger partial charge is 0.488 e. The van der Waals surface area contributed by atoms with Crippen molar-refractivity contribution in [2.75, 3.05) is 0 Å². The van der Waals surface area contributed by atoms with Crippen LogP contribution in [0.5, 0.6) is 5.75 Å². The van der Waals surface area contributed by atoms with Gasteiger partial charge in [-0.3, -0.25) is 0 Å². The molecule has 77 heavy (non-hydrogen) atoms. The standard InChI is InChI=1S/C23H20.2C19H20.C15H14O/c1-15-7-9-19-20-10-8-16(2)12-22(20)23(21(19)11-15)13-17-5-3-4-6-18(17)14-23;1-11-7-13-5-6-14-8-12(2)10-16-18(14)17(13)15(9-11)19(16,3)4;1-13-5-7-15-16-8-6-14(2)12-18(16)19(17(15)11-13)9-3-4-10-19;1-10-3-5-13-12(7-10)9-16-15-8-11(2)4-6-14(13)15/h3-12H,13-14H2,1-2H3;7-10H,5-6H2,1-4H3;5-8,11-12H,3-4,9-10H2,1-2H3;3-8H,9H2,1-2H3. The van der Waals surface area contributed by atoms with Gasteiger partial charge in [0.25, 0.3) is 0 Å². The highest BCUT2D eigenvalue weighted by Crippen LogP contribution is 2.59. The van der Waals surface area contributed by atoms with Crippen LogP contribution in [0.3, 0.4) is 0 Å². The SMILES string of the molecule is Cc1cc2c3c(c1)C(C)(C)c1cc(C)cc(c1-3)CC2.Cc1ccc2c(c1)C1(CCCC1)c1cc(C)ccc1-2.Cc1ccc2c(c1)C1(Cc3ccccc3C1)c1cc(C)ccc1-2.Cc1ccc2c(c1)COc1cc(C)ccc1-2. The summed E-state index contributed by atoms with van der Waals surface area (Å²) in [4.78, 5) is 0. The lowest BCUT2D eigenvalue weighted by Gasteiger charge is -2.27. The Morgan fingerprint density at radius 3 is 1.14 bits per heavy atom. The van der Waals surface area contributed by atoms with E-state index in [2.05, 4.69) is 227 Å². The van der Waals surface area contributed by atoms with Crippen LogP contribution >= 0.6 is 0 Å². The van der Waals surface area contributed by atoms with Crippen molar-refractivity contribution >= 4 is 0 Å². The van der Waals surface area contributed by atoms with Crippen molar-refractivity contribution in [2.24, 2.45) is 0 Å². The van der Waals surface area contributed by atoms with Gasteiger partial charge in [-0.2, -0.15) is 0 Å². The Morgan fingerprint density at radius 1 is 0.325 bits per heavy atom. The fourth-order valence-electron chi connectivity index (χ4n) is 15.3. The van der Waals surface area contributed by atoms with Gasteiger partial charge in [-0.05, 0) is 206 Å². The van der Waals surface area contributed by atoms with Crippen molar-refractivity contribution in [3.8, 4) is 50.3 Å². The van der Waals surface area contributed by atoms with Crippen molar-refractivity contribution in [1.29, 1.82) is 0 Å². The quantitative estimate of drug-likeness (QED) is 0.147. The number of benzene rings is 9. The molecule has 1 saturated carbocycles. The van der Waals surface area contributed by atoms with E-state index in [0.29, 0.717) is 12.0 Å². The lowest BCUT2D eigenvalue weighted by Crippen LogP contribution is -2.26. The van der Waals surface area contributed by atoms with Gasteiger partial charge in [0.2, 0.25) is 0 Å². The second-order valence-electron chi connectivity index (χ2n) is 25.0. The van der Waals surface area contributed by atoms with Crippen LogP contribution in [0.1, 0.15) is 145 Å². The Morgan fingerprint density at radius 2 is 0.688 bits per heavy atom. The Bertz CT molecular complexity index is 3640. The van der Waals surface area contributed by atoms with Gasteiger partial charge < -0.3 is 4.74 Å². The molecule has 1 heteroatoms. The smallest absolute Gasteiger partial charge is 0.127 e. The van der Waals surface area contributed by atoms with Crippen molar-refractivity contribution in [3.05, 3.63) is 263 Å². The summed E-state index contributed by atoms with van der Waals surface area (Å²) in [7, 11) is 0. The molecule has 384 valence electrons. The molecule has 0 saturated heterocycles. The summed E-state index contributed by atoms with van der Waals surface area (Å²) in [5.74, 6) is 1.01. The maximum absolute atomic E-state index is 5.79. The van der Waals surface area contributed by atoms with Gasteiger partial charge in [-0.1, -0.05) is 217 Å². The first kappa shape index (κ1) is 49.4. The van der Waals surface area contributed by atoms with Crippen molar-refractivity contribution in [2.45, 2.75) is 143 Å². The van der Waals surface area contributed by atoms with Crippen LogP contribution in [-0.2, 0) is 48.5 Å². The second kappa shape index (κ2) is 18.5. The first-order valence-corrected chi connectivity index (χ1v) is 28.7. The zero-order valence-electron chi connectivity index (χ0n) is 47.3. The molecule has 9 aromatic rings. The Labute approximate surface area is 459 Å². The molecule has 0 amide bonds. The molecule has 0 radical (unpaired) electrons. The normalized spacial score (nSPS) is 16.4. The third-order valence-corrected chi connectivity index (χ3v) is 19.0. The van der Waals surface area contributed by atoms with Gasteiger partial charge in [0, 0.05) is 21.8 Å². The number of rotatable bonds is 0. The summed E-state index contributed by atoms with van der Waals surface area (Å²) in [6, 6.07) is 59.7. The third kappa shape index (κ3) is 8.08. The number of ether oxygens (including phenoxy) is 1. The number of hydrogen-bond donors (Lipinski definition) is 0. The van der Waals surface area contributed by atoms with E-state index in [4.69, 9.17) is 4.74 Å². The Kier molecular flexibility index (Phi) is 11.8. The average Bonchev–Trinajstić information content (AvgIpc) is 4.29. The number of hydrogen-bond acceptors (Lipinski definition) is 1. The van der Waals surface area contributed by atoms with Crippen LogP contribution in [0.15, 0.2) is 158 Å². The first-order chi connectivity index (χ1) is 37.1. The fraction of sp³-hybridized carbons (Fsp3) is 0.289. The minimum Gasteiger partial charge on any atom is -0.488 e. The molecule has 9 aromatic carbocycles. The molecule has 1 heterocycles. The lowest BCUT2D eigenvalue weighted by molar-refractivity contribution is 0.302. The van der Waals surface area contributed by atoms with E-state index in [1.54, 1.807) is 44.5 Å².